The second kappa shape index (κ2) is 8.36. The molecule has 21 heavy (non-hydrogen) atoms. The van der Waals surface area contributed by atoms with Crippen molar-refractivity contribution in [3.63, 3.8) is 0 Å². The summed E-state index contributed by atoms with van der Waals surface area (Å²) in [5, 5.41) is 2.94. The van der Waals surface area contributed by atoms with Crippen molar-refractivity contribution in [1.82, 2.24) is 10.2 Å². The van der Waals surface area contributed by atoms with E-state index in [0.717, 1.165) is 43.7 Å². The third-order valence-electron chi connectivity index (χ3n) is 3.45. The van der Waals surface area contributed by atoms with Gasteiger partial charge in [-0.2, -0.15) is 0 Å². The van der Waals surface area contributed by atoms with Gasteiger partial charge in [0.1, 0.15) is 5.75 Å². The number of carbonyl (C=O) groups excluding carboxylic acids is 1. The number of carbonyl (C=O) groups is 1. The Kier molecular flexibility index (Phi) is 6.48. The number of methoxy groups -OCH3 is 1. The maximum absolute atomic E-state index is 12.1. The van der Waals surface area contributed by atoms with Gasteiger partial charge in [-0.1, -0.05) is 15.9 Å². The summed E-state index contributed by atoms with van der Waals surface area (Å²) in [6.45, 7) is 5.23. The van der Waals surface area contributed by atoms with Crippen molar-refractivity contribution >= 4 is 21.8 Å². The summed E-state index contributed by atoms with van der Waals surface area (Å²) in [6.07, 6.45) is 0.935. The summed E-state index contributed by atoms with van der Waals surface area (Å²) < 4.78 is 11.4. The number of nitrogens with zero attached hydrogens (tertiary/aromatic N) is 1. The van der Waals surface area contributed by atoms with Crippen molar-refractivity contribution in [2.45, 2.75) is 6.42 Å². The molecule has 1 heterocycles. The lowest BCUT2D eigenvalue weighted by molar-refractivity contribution is 0.0374. The fraction of sp³-hybridized carbons (Fsp3) is 0.533. The molecule has 0 bridgehead atoms. The maximum atomic E-state index is 12.1. The van der Waals surface area contributed by atoms with Crippen LogP contribution in [0, 0.1) is 0 Å². The van der Waals surface area contributed by atoms with Crippen molar-refractivity contribution in [2.75, 3.05) is 46.5 Å². The highest BCUT2D eigenvalue weighted by Gasteiger charge is 2.13. The normalized spacial score (nSPS) is 15.7. The number of halogens is 1. The zero-order valence-electron chi connectivity index (χ0n) is 12.2. The van der Waals surface area contributed by atoms with Gasteiger partial charge >= 0.3 is 0 Å². The van der Waals surface area contributed by atoms with Crippen LogP contribution < -0.4 is 10.1 Å². The molecule has 1 fully saturated rings. The van der Waals surface area contributed by atoms with E-state index in [0.29, 0.717) is 17.9 Å². The van der Waals surface area contributed by atoms with Gasteiger partial charge in [0.05, 0.1) is 25.9 Å². The predicted molar refractivity (Wildman–Crippen MR) is 84.9 cm³/mol. The van der Waals surface area contributed by atoms with Crippen LogP contribution >= 0.6 is 15.9 Å². The Morgan fingerprint density at radius 2 is 2.19 bits per heavy atom. The van der Waals surface area contributed by atoms with Crippen LogP contribution in [-0.2, 0) is 4.74 Å². The Morgan fingerprint density at radius 1 is 1.43 bits per heavy atom. The number of ether oxygens (including phenoxy) is 2. The second-order valence-corrected chi connectivity index (χ2v) is 5.82. The van der Waals surface area contributed by atoms with E-state index in [4.69, 9.17) is 9.47 Å². The van der Waals surface area contributed by atoms with Gasteiger partial charge in [-0.25, -0.2) is 0 Å². The van der Waals surface area contributed by atoms with E-state index in [9.17, 15) is 4.79 Å². The summed E-state index contributed by atoms with van der Waals surface area (Å²) in [4.78, 5) is 14.5. The molecule has 0 radical (unpaired) electrons. The molecule has 1 aromatic rings. The summed E-state index contributed by atoms with van der Waals surface area (Å²) >= 11 is 3.37. The SMILES string of the molecule is COc1cc(Br)ccc1C(=O)NCCCN1CCOCC1. The van der Waals surface area contributed by atoms with E-state index in [1.54, 1.807) is 19.2 Å². The zero-order chi connectivity index (χ0) is 15.1. The third-order valence-corrected chi connectivity index (χ3v) is 3.94. The van der Waals surface area contributed by atoms with Crippen molar-refractivity contribution < 1.29 is 14.3 Å². The van der Waals surface area contributed by atoms with E-state index < -0.39 is 0 Å². The second-order valence-electron chi connectivity index (χ2n) is 4.91. The minimum Gasteiger partial charge on any atom is -0.496 e. The maximum Gasteiger partial charge on any atom is 0.255 e. The average molecular weight is 357 g/mol. The fourth-order valence-corrected chi connectivity index (χ4v) is 2.62. The fourth-order valence-electron chi connectivity index (χ4n) is 2.28. The molecule has 1 amide bonds. The van der Waals surface area contributed by atoms with Crippen LogP contribution in [-0.4, -0.2) is 57.3 Å². The molecule has 1 aromatic carbocycles. The Labute approximate surface area is 133 Å². The summed E-state index contributed by atoms with van der Waals surface area (Å²) in [6, 6.07) is 5.40. The predicted octanol–water partition coefficient (Wildman–Crippen LogP) is 1.91. The molecule has 0 aromatic heterocycles. The molecular formula is C15H21BrN2O3. The largest absolute Gasteiger partial charge is 0.496 e. The lowest BCUT2D eigenvalue weighted by Crippen LogP contribution is -2.38. The highest BCUT2D eigenvalue weighted by Crippen LogP contribution is 2.23. The van der Waals surface area contributed by atoms with Gasteiger partial charge in [-0.15, -0.1) is 0 Å². The molecule has 116 valence electrons. The zero-order valence-corrected chi connectivity index (χ0v) is 13.8. The minimum atomic E-state index is -0.0960. The minimum absolute atomic E-state index is 0.0960. The van der Waals surface area contributed by atoms with Gasteiger partial charge in [0, 0.05) is 24.1 Å². The van der Waals surface area contributed by atoms with Crippen LogP contribution in [0.1, 0.15) is 16.8 Å². The first-order valence-corrected chi connectivity index (χ1v) is 7.92. The highest BCUT2D eigenvalue weighted by atomic mass is 79.9. The van der Waals surface area contributed by atoms with E-state index in [1.165, 1.54) is 0 Å². The lowest BCUT2D eigenvalue weighted by atomic mass is 10.2. The van der Waals surface area contributed by atoms with E-state index in [2.05, 4.69) is 26.1 Å². The van der Waals surface area contributed by atoms with Gasteiger partial charge in [0.25, 0.3) is 5.91 Å². The molecule has 0 saturated carbocycles. The molecule has 0 atom stereocenters. The molecule has 0 unspecified atom stereocenters. The number of morpholine rings is 1. The molecular weight excluding hydrogens is 336 g/mol. The van der Waals surface area contributed by atoms with Crippen LogP contribution in [0.15, 0.2) is 22.7 Å². The Hall–Kier alpha value is -1.11. The van der Waals surface area contributed by atoms with E-state index in [1.807, 2.05) is 6.07 Å². The number of amides is 1. The molecule has 1 aliphatic rings. The van der Waals surface area contributed by atoms with Crippen LogP contribution in [0.4, 0.5) is 0 Å². The van der Waals surface area contributed by atoms with Crippen LogP contribution in [0.3, 0.4) is 0 Å². The van der Waals surface area contributed by atoms with Crippen molar-refractivity contribution in [2.24, 2.45) is 0 Å². The third kappa shape index (κ3) is 4.98. The Morgan fingerprint density at radius 3 is 2.90 bits per heavy atom. The molecule has 2 rings (SSSR count). The van der Waals surface area contributed by atoms with Gasteiger partial charge in [0.2, 0.25) is 0 Å². The molecule has 1 aliphatic heterocycles. The number of nitrogens with one attached hydrogen (secondary N) is 1. The summed E-state index contributed by atoms with van der Waals surface area (Å²) in [5.74, 6) is 0.483. The quantitative estimate of drug-likeness (QED) is 0.791. The first-order chi connectivity index (χ1) is 10.2. The Balaban J connectivity index is 1.76. The van der Waals surface area contributed by atoms with E-state index in [-0.39, 0.29) is 5.91 Å². The summed E-state index contributed by atoms with van der Waals surface area (Å²) in [7, 11) is 1.57. The lowest BCUT2D eigenvalue weighted by Gasteiger charge is -2.26. The highest BCUT2D eigenvalue weighted by molar-refractivity contribution is 9.10. The van der Waals surface area contributed by atoms with Crippen molar-refractivity contribution in [1.29, 1.82) is 0 Å². The number of rotatable bonds is 6. The average Bonchev–Trinajstić information content (AvgIpc) is 2.52. The van der Waals surface area contributed by atoms with Crippen LogP contribution in [0.2, 0.25) is 0 Å². The molecule has 5 nitrogen and oxygen atoms in total. The van der Waals surface area contributed by atoms with E-state index >= 15 is 0 Å². The molecule has 0 aliphatic carbocycles. The standard InChI is InChI=1S/C15H21BrN2O3/c1-20-14-11-12(16)3-4-13(14)15(19)17-5-2-6-18-7-9-21-10-8-18/h3-4,11H,2,5-10H2,1H3,(H,17,19). The van der Waals surface area contributed by atoms with Gasteiger partial charge in [-0.3, -0.25) is 9.69 Å². The molecule has 1 N–H and O–H groups in total. The first-order valence-electron chi connectivity index (χ1n) is 7.12. The molecule has 6 heteroatoms. The monoisotopic (exact) mass is 356 g/mol. The number of hydrogen-bond acceptors (Lipinski definition) is 4. The smallest absolute Gasteiger partial charge is 0.255 e. The topological polar surface area (TPSA) is 50.8 Å². The van der Waals surface area contributed by atoms with Crippen molar-refractivity contribution in [3.05, 3.63) is 28.2 Å². The number of benzene rings is 1. The van der Waals surface area contributed by atoms with Crippen molar-refractivity contribution in [3.8, 4) is 5.75 Å². The van der Waals surface area contributed by atoms with Crippen LogP contribution in [0.25, 0.3) is 0 Å². The molecule has 1 saturated heterocycles. The summed E-state index contributed by atoms with van der Waals surface area (Å²) in [5.41, 5.74) is 0.562. The van der Waals surface area contributed by atoms with Gasteiger partial charge < -0.3 is 14.8 Å². The molecule has 0 spiro atoms. The van der Waals surface area contributed by atoms with Gasteiger partial charge in [-0.05, 0) is 31.2 Å². The first kappa shape index (κ1) is 16.3. The Bertz CT molecular complexity index is 476. The van der Waals surface area contributed by atoms with Crippen LogP contribution in [0.5, 0.6) is 5.75 Å². The number of hydrogen-bond donors (Lipinski definition) is 1. The van der Waals surface area contributed by atoms with Gasteiger partial charge in [0.15, 0.2) is 0 Å².